The van der Waals surface area contributed by atoms with Crippen LogP contribution in [0.1, 0.15) is 28.8 Å². The first-order valence-corrected chi connectivity index (χ1v) is 12.0. The number of nitrogens with zero attached hydrogens (tertiary/aromatic N) is 3. The van der Waals surface area contributed by atoms with Gasteiger partial charge in [-0.1, -0.05) is 6.07 Å². The topological polar surface area (TPSA) is 107 Å². The van der Waals surface area contributed by atoms with Crippen molar-refractivity contribution in [1.29, 1.82) is 0 Å². The number of nitrogens with one attached hydrogen (secondary N) is 1. The predicted molar refractivity (Wildman–Crippen MR) is 105 cm³/mol. The fraction of sp³-hybridized carbons (Fsp3) is 0.588. The minimum absolute atomic E-state index is 0.0165. The Bertz CT molecular complexity index is 963. The van der Waals surface area contributed by atoms with Crippen LogP contribution in [-0.2, 0) is 20.2 Å². The standard InChI is InChI=1S/C17H26N4O5S2/c1-13-4-7-15(27(23,24)18-14-5-6-14)12-16(13)17(22)20-8-10-21(11-9-20)28(25,26)19(2)3/h4,7,12,14,18H,5-6,8-11H2,1-3H3. The van der Waals surface area contributed by atoms with Gasteiger partial charge in [0.05, 0.1) is 4.90 Å². The molecule has 1 heterocycles. The Hall–Kier alpha value is -1.53. The highest BCUT2D eigenvalue weighted by Crippen LogP contribution is 2.24. The van der Waals surface area contributed by atoms with Gasteiger partial charge in [0.25, 0.3) is 16.1 Å². The van der Waals surface area contributed by atoms with Crippen LogP contribution in [0.3, 0.4) is 0 Å². The highest BCUT2D eigenvalue weighted by atomic mass is 32.2. The molecule has 9 nitrogen and oxygen atoms in total. The molecule has 1 amide bonds. The molecule has 11 heteroatoms. The summed E-state index contributed by atoms with van der Waals surface area (Å²) in [6.45, 7) is 2.66. The minimum atomic E-state index is -3.65. The van der Waals surface area contributed by atoms with Gasteiger partial charge in [0.15, 0.2) is 0 Å². The van der Waals surface area contributed by atoms with Crippen LogP contribution in [0, 0.1) is 6.92 Å². The van der Waals surface area contributed by atoms with Gasteiger partial charge in [-0.2, -0.15) is 17.0 Å². The van der Waals surface area contributed by atoms with E-state index < -0.39 is 20.2 Å². The van der Waals surface area contributed by atoms with E-state index in [0.717, 1.165) is 17.1 Å². The number of rotatable bonds is 6. The average molecular weight is 431 g/mol. The lowest BCUT2D eigenvalue weighted by molar-refractivity contribution is 0.0694. The van der Waals surface area contributed by atoms with Gasteiger partial charge in [-0.15, -0.1) is 0 Å². The summed E-state index contributed by atoms with van der Waals surface area (Å²) in [5, 5.41) is 0. The summed E-state index contributed by atoms with van der Waals surface area (Å²) < 4.78 is 54.4. The zero-order valence-electron chi connectivity index (χ0n) is 16.3. The molecule has 28 heavy (non-hydrogen) atoms. The number of piperazine rings is 1. The van der Waals surface area contributed by atoms with Crippen molar-refractivity contribution in [3.8, 4) is 0 Å². The summed E-state index contributed by atoms with van der Waals surface area (Å²) in [4.78, 5) is 14.6. The minimum Gasteiger partial charge on any atom is -0.336 e. The molecule has 156 valence electrons. The first-order chi connectivity index (χ1) is 13.0. The maximum absolute atomic E-state index is 13.0. The molecule has 0 radical (unpaired) electrons. The Balaban J connectivity index is 1.75. The molecule has 1 aromatic carbocycles. The highest BCUT2D eigenvalue weighted by molar-refractivity contribution is 7.89. The van der Waals surface area contributed by atoms with Gasteiger partial charge in [0, 0.05) is 51.9 Å². The summed E-state index contributed by atoms with van der Waals surface area (Å²) in [6.07, 6.45) is 1.66. The van der Waals surface area contributed by atoms with Crippen LogP contribution < -0.4 is 4.72 Å². The Kier molecular flexibility index (Phi) is 5.84. The summed E-state index contributed by atoms with van der Waals surface area (Å²) in [6, 6.07) is 4.52. The highest BCUT2D eigenvalue weighted by Gasteiger charge is 2.32. The number of hydrogen-bond acceptors (Lipinski definition) is 5. The molecule has 2 aliphatic rings. The molecule has 0 atom stereocenters. The zero-order valence-corrected chi connectivity index (χ0v) is 17.9. The monoisotopic (exact) mass is 430 g/mol. The number of carbonyl (C=O) groups excluding carboxylic acids is 1. The molecule has 0 spiro atoms. The zero-order chi connectivity index (χ0) is 20.7. The summed E-state index contributed by atoms with van der Waals surface area (Å²) in [7, 11) is -4.22. The molecular formula is C17H26N4O5S2. The molecule has 1 saturated carbocycles. The Labute approximate surface area is 166 Å². The van der Waals surface area contributed by atoms with Crippen LogP contribution in [0.25, 0.3) is 0 Å². The number of hydrogen-bond donors (Lipinski definition) is 1. The second kappa shape index (κ2) is 7.71. The van der Waals surface area contributed by atoms with Crippen molar-refractivity contribution in [2.75, 3.05) is 40.3 Å². The molecule has 2 fully saturated rings. The largest absolute Gasteiger partial charge is 0.336 e. The van der Waals surface area contributed by atoms with E-state index in [1.807, 2.05) is 0 Å². The number of aryl methyl sites for hydroxylation is 1. The number of carbonyl (C=O) groups is 1. The summed E-state index contributed by atoms with van der Waals surface area (Å²) in [5.74, 6) is -0.289. The Morgan fingerprint density at radius 2 is 1.68 bits per heavy atom. The van der Waals surface area contributed by atoms with Crippen molar-refractivity contribution in [3.63, 3.8) is 0 Å². The van der Waals surface area contributed by atoms with Crippen molar-refractivity contribution in [1.82, 2.24) is 18.2 Å². The number of sulfonamides is 1. The van der Waals surface area contributed by atoms with Gasteiger partial charge >= 0.3 is 0 Å². The third kappa shape index (κ3) is 4.38. The maximum Gasteiger partial charge on any atom is 0.281 e. The lowest BCUT2D eigenvalue weighted by atomic mass is 10.1. The fourth-order valence-corrected chi connectivity index (χ4v) is 5.43. The first kappa shape index (κ1) is 21.2. The quantitative estimate of drug-likeness (QED) is 0.684. The van der Waals surface area contributed by atoms with E-state index in [1.165, 1.54) is 30.5 Å². The van der Waals surface area contributed by atoms with Gasteiger partial charge in [-0.25, -0.2) is 13.1 Å². The van der Waals surface area contributed by atoms with Crippen LogP contribution in [0.5, 0.6) is 0 Å². The number of amides is 1. The molecule has 1 aliphatic heterocycles. The average Bonchev–Trinajstić information content (AvgIpc) is 3.44. The lowest BCUT2D eigenvalue weighted by Gasteiger charge is -2.35. The van der Waals surface area contributed by atoms with E-state index in [1.54, 1.807) is 17.9 Å². The first-order valence-electron chi connectivity index (χ1n) is 9.12. The van der Waals surface area contributed by atoms with Crippen molar-refractivity contribution in [2.45, 2.75) is 30.7 Å². The van der Waals surface area contributed by atoms with E-state index in [4.69, 9.17) is 0 Å². The molecule has 0 bridgehead atoms. The van der Waals surface area contributed by atoms with Crippen LogP contribution >= 0.6 is 0 Å². The molecule has 1 aliphatic carbocycles. The normalized spacial score (nSPS) is 19.2. The third-order valence-corrected chi connectivity index (χ3v) is 8.42. The molecule has 0 aromatic heterocycles. The van der Waals surface area contributed by atoms with Crippen molar-refractivity contribution in [3.05, 3.63) is 29.3 Å². The summed E-state index contributed by atoms with van der Waals surface area (Å²) in [5.41, 5.74) is 1.00. The van der Waals surface area contributed by atoms with Gasteiger partial charge in [-0.3, -0.25) is 4.79 Å². The Morgan fingerprint density at radius 1 is 1.07 bits per heavy atom. The van der Waals surface area contributed by atoms with Gasteiger partial charge in [0.2, 0.25) is 10.0 Å². The molecule has 3 rings (SSSR count). The molecule has 0 unspecified atom stereocenters. The van der Waals surface area contributed by atoms with Crippen LogP contribution in [0.4, 0.5) is 0 Å². The Morgan fingerprint density at radius 3 is 2.21 bits per heavy atom. The van der Waals surface area contributed by atoms with E-state index >= 15 is 0 Å². The lowest BCUT2D eigenvalue weighted by Crippen LogP contribution is -2.53. The third-order valence-electron chi connectivity index (χ3n) is 4.96. The van der Waals surface area contributed by atoms with E-state index in [0.29, 0.717) is 11.1 Å². The van der Waals surface area contributed by atoms with Gasteiger partial charge in [0.1, 0.15) is 0 Å². The second-order valence-electron chi connectivity index (χ2n) is 7.35. The molecule has 1 aromatic rings. The van der Waals surface area contributed by atoms with Crippen molar-refractivity contribution < 1.29 is 21.6 Å². The fourth-order valence-electron chi connectivity index (χ4n) is 3.01. The SMILES string of the molecule is Cc1ccc(S(=O)(=O)NC2CC2)cc1C(=O)N1CCN(S(=O)(=O)N(C)C)CC1. The van der Waals surface area contributed by atoms with Crippen molar-refractivity contribution in [2.24, 2.45) is 0 Å². The van der Waals surface area contributed by atoms with Crippen LogP contribution in [0.2, 0.25) is 0 Å². The van der Waals surface area contributed by atoms with Gasteiger partial charge < -0.3 is 4.90 Å². The number of benzene rings is 1. The molecule has 1 saturated heterocycles. The molecule has 1 N–H and O–H groups in total. The van der Waals surface area contributed by atoms with Crippen LogP contribution in [-0.4, -0.2) is 82.6 Å². The van der Waals surface area contributed by atoms with E-state index in [2.05, 4.69) is 4.72 Å². The van der Waals surface area contributed by atoms with Crippen LogP contribution in [0.15, 0.2) is 23.1 Å². The predicted octanol–water partition coefficient (Wildman–Crippen LogP) is -0.0000800. The maximum atomic E-state index is 13.0. The van der Waals surface area contributed by atoms with E-state index in [-0.39, 0.29) is 43.0 Å². The summed E-state index contributed by atoms with van der Waals surface area (Å²) >= 11 is 0. The van der Waals surface area contributed by atoms with Crippen molar-refractivity contribution >= 4 is 26.1 Å². The second-order valence-corrected chi connectivity index (χ2v) is 11.2. The van der Waals surface area contributed by atoms with E-state index in [9.17, 15) is 21.6 Å². The molecular weight excluding hydrogens is 404 g/mol. The smallest absolute Gasteiger partial charge is 0.281 e. The van der Waals surface area contributed by atoms with Gasteiger partial charge in [-0.05, 0) is 37.5 Å².